The van der Waals surface area contributed by atoms with Gasteiger partial charge in [0.25, 0.3) is 11.8 Å². The monoisotopic (exact) mass is 470 g/mol. The molecule has 168 valence electrons. The van der Waals surface area contributed by atoms with Crippen molar-refractivity contribution >= 4 is 51.9 Å². The largest absolute Gasteiger partial charge is 0.490 e. The van der Waals surface area contributed by atoms with Gasteiger partial charge in [0.2, 0.25) is 0 Å². The second kappa shape index (κ2) is 11.2. The summed E-state index contributed by atoms with van der Waals surface area (Å²) in [4.78, 5) is 27.1. The molecule has 0 unspecified atom stereocenters. The van der Waals surface area contributed by atoms with Crippen molar-refractivity contribution in [2.75, 3.05) is 25.1 Å². The molecule has 6 nitrogen and oxygen atoms in total. The van der Waals surface area contributed by atoms with E-state index in [1.807, 2.05) is 51.1 Å². The van der Waals surface area contributed by atoms with Gasteiger partial charge in [-0.3, -0.25) is 14.5 Å². The Kier molecular flexibility index (Phi) is 8.30. The lowest BCUT2D eigenvalue weighted by atomic mass is 10.2. The van der Waals surface area contributed by atoms with Crippen molar-refractivity contribution in [3.05, 3.63) is 58.5 Å². The molecule has 3 rings (SSSR count). The number of hydrogen-bond acceptors (Lipinski definition) is 6. The van der Waals surface area contributed by atoms with E-state index >= 15 is 0 Å². The third kappa shape index (κ3) is 5.89. The third-order valence-corrected chi connectivity index (χ3v) is 6.04. The summed E-state index contributed by atoms with van der Waals surface area (Å²) in [5.41, 5.74) is 2.52. The van der Waals surface area contributed by atoms with Crippen LogP contribution in [0, 0.1) is 6.92 Å². The molecule has 0 saturated carbocycles. The molecule has 1 aliphatic rings. The van der Waals surface area contributed by atoms with Crippen LogP contribution in [0.15, 0.2) is 47.4 Å². The molecule has 0 bridgehead atoms. The van der Waals surface area contributed by atoms with Crippen molar-refractivity contribution in [2.45, 2.75) is 27.2 Å². The van der Waals surface area contributed by atoms with Crippen LogP contribution in [0.2, 0.25) is 0 Å². The van der Waals surface area contributed by atoms with Crippen LogP contribution in [0.3, 0.4) is 0 Å². The number of thiocarbonyl (C=S) groups is 1. The van der Waals surface area contributed by atoms with Gasteiger partial charge in [-0.2, -0.15) is 0 Å². The number of anilines is 1. The maximum Gasteiger partial charge on any atom is 0.266 e. The lowest BCUT2D eigenvalue weighted by Crippen LogP contribution is -2.28. The van der Waals surface area contributed by atoms with Crippen LogP contribution >= 0.6 is 24.0 Å². The molecule has 0 aliphatic carbocycles. The standard InChI is InChI=1S/C24H26N2O4S2/c1-4-12-26-23(28)21(32-24(26)31)14-17-10-11-19(20(13-17)29-5-2)30-15-22(27)25-18-9-7-6-8-16(18)3/h6-11,13-14H,4-5,12,15H2,1-3H3,(H,25,27)/b21-14+. The van der Waals surface area contributed by atoms with Crippen molar-refractivity contribution in [3.8, 4) is 11.5 Å². The first-order valence-corrected chi connectivity index (χ1v) is 11.7. The zero-order valence-electron chi connectivity index (χ0n) is 18.3. The average Bonchev–Trinajstić information content (AvgIpc) is 3.03. The Morgan fingerprint density at radius 1 is 1.16 bits per heavy atom. The van der Waals surface area contributed by atoms with Gasteiger partial charge in [0, 0.05) is 12.2 Å². The van der Waals surface area contributed by atoms with E-state index in [1.54, 1.807) is 23.1 Å². The Morgan fingerprint density at radius 3 is 2.66 bits per heavy atom. The number of thioether (sulfide) groups is 1. The van der Waals surface area contributed by atoms with Crippen molar-refractivity contribution in [2.24, 2.45) is 0 Å². The number of aryl methyl sites for hydroxylation is 1. The van der Waals surface area contributed by atoms with Gasteiger partial charge < -0.3 is 14.8 Å². The lowest BCUT2D eigenvalue weighted by Gasteiger charge is -2.13. The van der Waals surface area contributed by atoms with Crippen LogP contribution in [0.25, 0.3) is 6.08 Å². The lowest BCUT2D eigenvalue weighted by molar-refractivity contribution is -0.122. The number of hydrogen-bond donors (Lipinski definition) is 1. The van der Waals surface area contributed by atoms with E-state index in [0.717, 1.165) is 23.2 Å². The second-order valence-electron chi connectivity index (χ2n) is 7.12. The number of carbonyl (C=O) groups is 2. The first-order chi connectivity index (χ1) is 15.4. The van der Waals surface area contributed by atoms with Gasteiger partial charge in [-0.05, 0) is 55.7 Å². The van der Waals surface area contributed by atoms with Crippen LogP contribution < -0.4 is 14.8 Å². The van der Waals surface area contributed by atoms with Crippen LogP contribution in [-0.2, 0) is 9.59 Å². The Morgan fingerprint density at radius 2 is 1.94 bits per heavy atom. The van der Waals surface area contributed by atoms with E-state index in [0.29, 0.717) is 33.9 Å². The topological polar surface area (TPSA) is 67.9 Å². The Labute approximate surface area is 198 Å². The highest BCUT2D eigenvalue weighted by atomic mass is 32.2. The highest BCUT2D eigenvalue weighted by molar-refractivity contribution is 8.26. The van der Waals surface area contributed by atoms with Crippen molar-refractivity contribution in [3.63, 3.8) is 0 Å². The molecule has 1 aliphatic heterocycles. The minimum Gasteiger partial charge on any atom is -0.490 e. The summed E-state index contributed by atoms with van der Waals surface area (Å²) in [6.07, 6.45) is 2.64. The zero-order valence-corrected chi connectivity index (χ0v) is 20.0. The minimum atomic E-state index is -0.259. The molecule has 0 aromatic heterocycles. The maximum atomic E-state index is 12.6. The zero-order chi connectivity index (χ0) is 23.1. The van der Waals surface area contributed by atoms with Crippen LogP contribution in [0.4, 0.5) is 5.69 Å². The molecule has 1 saturated heterocycles. The molecule has 2 aromatic rings. The fourth-order valence-electron chi connectivity index (χ4n) is 3.11. The smallest absolute Gasteiger partial charge is 0.266 e. The molecular weight excluding hydrogens is 444 g/mol. The van der Waals surface area contributed by atoms with Gasteiger partial charge >= 0.3 is 0 Å². The minimum absolute atomic E-state index is 0.0759. The molecule has 2 aromatic carbocycles. The van der Waals surface area contributed by atoms with Gasteiger partial charge in [-0.25, -0.2) is 0 Å². The average molecular weight is 471 g/mol. The van der Waals surface area contributed by atoms with Crippen molar-refractivity contribution in [1.82, 2.24) is 4.90 Å². The highest BCUT2D eigenvalue weighted by Crippen LogP contribution is 2.35. The molecule has 1 heterocycles. The number of nitrogens with zero attached hydrogens (tertiary/aromatic N) is 1. The van der Waals surface area contributed by atoms with Gasteiger partial charge in [-0.1, -0.05) is 55.2 Å². The molecular formula is C24H26N2O4S2. The quantitative estimate of drug-likeness (QED) is 0.410. The van der Waals surface area contributed by atoms with E-state index in [9.17, 15) is 9.59 Å². The SMILES string of the molecule is CCCN1C(=O)/C(=C\c2ccc(OCC(=O)Nc3ccccc3C)c(OCC)c2)SC1=S. The summed E-state index contributed by atoms with van der Waals surface area (Å²) < 4.78 is 12.0. The Hall–Kier alpha value is -2.84. The summed E-state index contributed by atoms with van der Waals surface area (Å²) in [5, 5.41) is 2.84. The van der Waals surface area contributed by atoms with Crippen LogP contribution in [-0.4, -0.2) is 40.8 Å². The normalized spacial score (nSPS) is 14.7. The fourth-order valence-corrected chi connectivity index (χ4v) is 4.42. The molecule has 8 heteroatoms. The maximum absolute atomic E-state index is 12.6. The van der Waals surface area contributed by atoms with Gasteiger partial charge in [-0.15, -0.1) is 0 Å². The summed E-state index contributed by atoms with van der Waals surface area (Å²) >= 11 is 6.62. The van der Waals surface area contributed by atoms with Gasteiger partial charge in [0.1, 0.15) is 4.32 Å². The summed E-state index contributed by atoms with van der Waals surface area (Å²) in [7, 11) is 0. The van der Waals surface area contributed by atoms with E-state index in [4.69, 9.17) is 21.7 Å². The number of carbonyl (C=O) groups excluding carboxylic acids is 2. The third-order valence-electron chi connectivity index (χ3n) is 4.66. The predicted molar refractivity (Wildman–Crippen MR) is 133 cm³/mol. The summed E-state index contributed by atoms with van der Waals surface area (Å²) in [6, 6.07) is 12.9. The van der Waals surface area contributed by atoms with Gasteiger partial charge in [0.05, 0.1) is 11.5 Å². The van der Waals surface area contributed by atoms with E-state index < -0.39 is 0 Å². The number of nitrogens with one attached hydrogen (secondary N) is 1. The fraction of sp³-hybridized carbons (Fsp3) is 0.292. The van der Waals surface area contributed by atoms with Crippen LogP contribution in [0.5, 0.6) is 11.5 Å². The molecule has 1 fully saturated rings. The molecule has 0 spiro atoms. The summed E-state index contributed by atoms with van der Waals surface area (Å²) in [6.45, 7) is 6.72. The molecule has 32 heavy (non-hydrogen) atoms. The van der Waals surface area contributed by atoms with E-state index in [1.165, 1.54) is 11.8 Å². The predicted octanol–water partition coefficient (Wildman–Crippen LogP) is 5.02. The van der Waals surface area contributed by atoms with Gasteiger partial charge in [0.15, 0.2) is 18.1 Å². The molecule has 0 radical (unpaired) electrons. The Balaban J connectivity index is 1.71. The van der Waals surface area contributed by atoms with Crippen molar-refractivity contribution in [1.29, 1.82) is 0 Å². The molecule has 1 N–H and O–H groups in total. The first-order valence-electron chi connectivity index (χ1n) is 10.4. The first kappa shape index (κ1) is 23.8. The number of ether oxygens (including phenoxy) is 2. The number of benzene rings is 2. The summed E-state index contributed by atoms with van der Waals surface area (Å²) in [5.74, 6) is 0.634. The van der Waals surface area contributed by atoms with E-state index in [-0.39, 0.29) is 18.4 Å². The number of amides is 2. The highest BCUT2D eigenvalue weighted by Gasteiger charge is 2.31. The number of para-hydroxylation sites is 1. The Bertz CT molecular complexity index is 1050. The second-order valence-corrected chi connectivity index (χ2v) is 8.80. The number of rotatable bonds is 9. The van der Waals surface area contributed by atoms with Crippen LogP contribution in [0.1, 0.15) is 31.4 Å². The van der Waals surface area contributed by atoms with Crippen molar-refractivity contribution < 1.29 is 19.1 Å². The molecule has 2 amide bonds. The van der Waals surface area contributed by atoms with E-state index in [2.05, 4.69) is 5.32 Å². The molecule has 0 atom stereocenters.